The van der Waals surface area contributed by atoms with Gasteiger partial charge in [-0.05, 0) is 51.3 Å². The molecule has 0 aliphatic heterocycles. The summed E-state index contributed by atoms with van der Waals surface area (Å²) >= 11 is 15.0. The molecule has 6 heteroatoms. The third-order valence-corrected chi connectivity index (χ3v) is 4.01. The highest BCUT2D eigenvalue weighted by molar-refractivity contribution is 9.10. The van der Waals surface area contributed by atoms with E-state index in [-0.39, 0.29) is 15.1 Å². The molecule has 0 bridgehead atoms. The topological polar surface area (TPSA) is 0 Å². The number of hydrogen-bond acceptors (Lipinski definition) is 0. The molecule has 0 spiro atoms. The quantitative estimate of drug-likeness (QED) is 0.460. The summed E-state index contributed by atoms with van der Waals surface area (Å²) in [5.74, 6) is -2.61. The average molecular weight is 370 g/mol. The van der Waals surface area contributed by atoms with Gasteiger partial charge in [-0.2, -0.15) is 0 Å². The van der Waals surface area contributed by atoms with Crippen molar-refractivity contribution >= 4 is 39.1 Å². The molecule has 0 aliphatic carbocycles. The molecule has 1 atom stereocenters. The summed E-state index contributed by atoms with van der Waals surface area (Å²) in [4.78, 5) is 0. The van der Waals surface area contributed by atoms with Gasteiger partial charge in [0.15, 0.2) is 11.6 Å². The van der Waals surface area contributed by atoms with E-state index in [1.54, 1.807) is 6.07 Å². The molecule has 0 N–H and O–H groups in total. The van der Waals surface area contributed by atoms with E-state index >= 15 is 0 Å². The molecule has 0 radical (unpaired) electrons. The van der Waals surface area contributed by atoms with Crippen molar-refractivity contribution in [2.75, 3.05) is 0 Å². The van der Waals surface area contributed by atoms with Crippen LogP contribution in [0, 0.1) is 17.5 Å². The van der Waals surface area contributed by atoms with Crippen LogP contribution >= 0.6 is 39.1 Å². The lowest BCUT2D eigenvalue weighted by molar-refractivity contribution is 0.507. The SMILES string of the molecule is Fc1cc(Cl)c(C(Cl)c2ccc(Br)c(F)c2)cc1F. The highest BCUT2D eigenvalue weighted by atomic mass is 79.9. The smallest absolute Gasteiger partial charge is 0.160 e. The lowest BCUT2D eigenvalue weighted by Crippen LogP contribution is -1.98. The minimum Gasteiger partial charge on any atom is -0.206 e. The highest BCUT2D eigenvalue weighted by Gasteiger charge is 2.18. The molecule has 0 fully saturated rings. The molecule has 0 nitrogen and oxygen atoms in total. The van der Waals surface area contributed by atoms with E-state index in [0.29, 0.717) is 5.56 Å². The fourth-order valence-corrected chi connectivity index (χ4v) is 2.46. The van der Waals surface area contributed by atoms with E-state index in [1.807, 2.05) is 0 Å². The van der Waals surface area contributed by atoms with Gasteiger partial charge in [0, 0.05) is 5.02 Å². The maximum Gasteiger partial charge on any atom is 0.160 e. The first-order valence-corrected chi connectivity index (χ1v) is 6.74. The summed E-state index contributed by atoms with van der Waals surface area (Å²) in [5, 5.41) is -0.882. The molecule has 1 unspecified atom stereocenters. The van der Waals surface area contributed by atoms with E-state index in [0.717, 1.165) is 12.1 Å². The summed E-state index contributed by atoms with van der Waals surface area (Å²) in [7, 11) is 0. The second kappa shape index (κ2) is 5.73. The fraction of sp³-hybridized carbons (Fsp3) is 0.0769. The zero-order valence-electron chi connectivity index (χ0n) is 9.23. The third-order valence-electron chi connectivity index (χ3n) is 2.55. The zero-order valence-corrected chi connectivity index (χ0v) is 12.3. The van der Waals surface area contributed by atoms with Gasteiger partial charge in [0.05, 0.1) is 9.85 Å². The molecule has 2 rings (SSSR count). The molecular weight excluding hydrogens is 364 g/mol. The standard InChI is InChI=1S/C13H6BrCl2F3/c14-8-2-1-6(3-10(8)17)13(16)7-4-11(18)12(19)5-9(7)15/h1-5,13H. The monoisotopic (exact) mass is 368 g/mol. The average Bonchev–Trinajstić information content (AvgIpc) is 2.36. The lowest BCUT2D eigenvalue weighted by atomic mass is 10.0. The Balaban J connectivity index is 2.46. The van der Waals surface area contributed by atoms with Crippen LogP contribution in [-0.4, -0.2) is 0 Å². The normalized spacial score (nSPS) is 12.5. The minimum absolute atomic E-state index is 0.0118. The Morgan fingerprint density at radius 3 is 2.21 bits per heavy atom. The van der Waals surface area contributed by atoms with E-state index in [9.17, 15) is 13.2 Å². The Morgan fingerprint density at radius 1 is 0.947 bits per heavy atom. The fourth-order valence-electron chi connectivity index (χ4n) is 1.58. The van der Waals surface area contributed by atoms with Crippen molar-refractivity contribution in [1.29, 1.82) is 0 Å². The van der Waals surface area contributed by atoms with Crippen molar-refractivity contribution in [2.45, 2.75) is 5.38 Å². The van der Waals surface area contributed by atoms with Crippen LogP contribution in [0.2, 0.25) is 5.02 Å². The third kappa shape index (κ3) is 3.07. The van der Waals surface area contributed by atoms with Crippen LogP contribution in [0.4, 0.5) is 13.2 Å². The van der Waals surface area contributed by atoms with Crippen LogP contribution < -0.4 is 0 Å². The Kier molecular flexibility index (Phi) is 4.43. The predicted molar refractivity (Wildman–Crippen MR) is 73.2 cm³/mol. The molecule has 0 heterocycles. The maximum absolute atomic E-state index is 13.4. The summed E-state index contributed by atoms with van der Waals surface area (Å²) in [6.07, 6.45) is 0. The van der Waals surface area contributed by atoms with Crippen LogP contribution in [0.25, 0.3) is 0 Å². The number of benzene rings is 2. The Morgan fingerprint density at radius 2 is 1.58 bits per heavy atom. The van der Waals surface area contributed by atoms with Crippen LogP contribution in [-0.2, 0) is 0 Å². The van der Waals surface area contributed by atoms with Crippen molar-refractivity contribution in [3.8, 4) is 0 Å². The van der Waals surface area contributed by atoms with Crippen LogP contribution in [0.3, 0.4) is 0 Å². The molecular formula is C13H6BrCl2F3. The number of rotatable bonds is 2. The minimum atomic E-state index is -1.06. The molecule has 0 aliphatic rings. The molecule has 2 aromatic rings. The van der Waals surface area contributed by atoms with Crippen LogP contribution in [0.5, 0.6) is 0 Å². The van der Waals surface area contributed by atoms with Crippen molar-refractivity contribution in [1.82, 2.24) is 0 Å². The lowest BCUT2D eigenvalue weighted by Gasteiger charge is -2.13. The first-order chi connectivity index (χ1) is 8.90. The second-order valence-electron chi connectivity index (χ2n) is 3.82. The molecule has 0 saturated heterocycles. The number of halogens is 6. The van der Waals surface area contributed by atoms with E-state index in [4.69, 9.17) is 23.2 Å². The Bertz CT molecular complexity index is 632. The first kappa shape index (κ1) is 14.7. The molecule has 19 heavy (non-hydrogen) atoms. The van der Waals surface area contributed by atoms with Gasteiger partial charge < -0.3 is 0 Å². The van der Waals surface area contributed by atoms with Gasteiger partial charge in [-0.1, -0.05) is 17.7 Å². The van der Waals surface area contributed by atoms with Gasteiger partial charge in [0.1, 0.15) is 5.82 Å². The van der Waals surface area contributed by atoms with Crippen molar-refractivity contribution < 1.29 is 13.2 Å². The van der Waals surface area contributed by atoms with Crippen molar-refractivity contribution in [2.24, 2.45) is 0 Å². The van der Waals surface area contributed by atoms with E-state index in [2.05, 4.69) is 15.9 Å². The van der Waals surface area contributed by atoms with Crippen molar-refractivity contribution in [3.63, 3.8) is 0 Å². The molecule has 0 aromatic heterocycles. The summed E-state index contributed by atoms with van der Waals surface area (Å²) in [5.41, 5.74) is 0.583. The van der Waals surface area contributed by atoms with E-state index < -0.39 is 22.8 Å². The molecule has 100 valence electrons. The van der Waals surface area contributed by atoms with E-state index in [1.165, 1.54) is 12.1 Å². The second-order valence-corrected chi connectivity index (χ2v) is 5.52. The van der Waals surface area contributed by atoms with Gasteiger partial charge >= 0.3 is 0 Å². The Hall–Kier alpha value is -0.710. The number of hydrogen-bond donors (Lipinski definition) is 0. The maximum atomic E-state index is 13.4. The summed E-state index contributed by atoms with van der Waals surface area (Å²) in [6, 6.07) is 6.02. The largest absolute Gasteiger partial charge is 0.206 e. The molecule has 0 amide bonds. The summed E-state index contributed by atoms with van der Waals surface area (Å²) in [6.45, 7) is 0. The van der Waals surface area contributed by atoms with Crippen molar-refractivity contribution in [3.05, 3.63) is 68.4 Å². The zero-order chi connectivity index (χ0) is 14.2. The summed E-state index contributed by atoms with van der Waals surface area (Å²) < 4.78 is 39.9. The highest BCUT2D eigenvalue weighted by Crippen LogP contribution is 2.35. The van der Waals surface area contributed by atoms with Gasteiger partial charge in [-0.25, -0.2) is 13.2 Å². The van der Waals surface area contributed by atoms with Gasteiger partial charge in [0.2, 0.25) is 0 Å². The predicted octanol–water partition coefficient (Wildman–Crippen LogP) is 5.85. The van der Waals surface area contributed by atoms with Gasteiger partial charge in [-0.3, -0.25) is 0 Å². The molecule has 2 aromatic carbocycles. The van der Waals surface area contributed by atoms with Crippen LogP contribution in [0.15, 0.2) is 34.8 Å². The molecule has 0 saturated carbocycles. The van der Waals surface area contributed by atoms with Gasteiger partial charge in [-0.15, -0.1) is 11.6 Å². The van der Waals surface area contributed by atoms with Crippen LogP contribution in [0.1, 0.15) is 16.5 Å². The first-order valence-electron chi connectivity index (χ1n) is 5.13. The number of alkyl halides is 1. The van der Waals surface area contributed by atoms with Gasteiger partial charge in [0.25, 0.3) is 0 Å². The Labute approximate surface area is 126 Å².